The maximum absolute atomic E-state index is 10.1. The molecule has 0 saturated carbocycles. The Balaban J connectivity index is 1.97. The normalized spacial score (nSPS) is 32.1. The van der Waals surface area contributed by atoms with Crippen LogP contribution in [0.4, 0.5) is 0 Å². The van der Waals surface area contributed by atoms with E-state index in [-0.39, 0.29) is 12.0 Å². The first-order chi connectivity index (χ1) is 8.24. The van der Waals surface area contributed by atoms with Crippen LogP contribution in [-0.2, 0) is 0 Å². The van der Waals surface area contributed by atoms with Gasteiger partial charge in [0.1, 0.15) is 0 Å². The molecule has 0 amide bonds. The monoisotopic (exact) mass is 249 g/mol. The molecule has 1 fully saturated rings. The Hall–Kier alpha value is -0.830. The van der Waals surface area contributed by atoms with Gasteiger partial charge in [-0.2, -0.15) is 0 Å². The summed E-state index contributed by atoms with van der Waals surface area (Å²) in [5.41, 5.74) is 2.42. The largest absolute Gasteiger partial charge is 0.392 e. The Morgan fingerprint density at radius 1 is 1.35 bits per heavy atom. The third-order valence-electron chi connectivity index (χ3n) is 3.79. The lowest BCUT2D eigenvalue weighted by molar-refractivity contribution is 0.0509. The van der Waals surface area contributed by atoms with E-state index in [2.05, 4.69) is 17.0 Å². The lowest BCUT2D eigenvalue weighted by Gasteiger charge is -2.40. The Kier molecular flexibility index (Phi) is 2.95. The minimum absolute atomic E-state index is 0.211. The summed E-state index contributed by atoms with van der Waals surface area (Å²) >= 11 is 6.03. The first-order valence-corrected chi connectivity index (χ1v) is 6.48. The summed E-state index contributed by atoms with van der Waals surface area (Å²) in [6, 6.07) is 7.93. The van der Waals surface area contributed by atoms with Crippen molar-refractivity contribution in [3.05, 3.63) is 40.9 Å². The van der Waals surface area contributed by atoms with Crippen molar-refractivity contribution in [2.24, 2.45) is 5.92 Å². The summed E-state index contributed by atoms with van der Waals surface area (Å²) in [4.78, 5) is 2.39. The van der Waals surface area contributed by atoms with Gasteiger partial charge in [0.2, 0.25) is 0 Å². The molecule has 1 saturated heterocycles. The number of fused-ring (bicyclic) bond motifs is 2. The molecule has 1 aromatic carbocycles. The van der Waals surface area contributed by atoms with Crippen molar-refractivity contribution in [2.45, 2.75) is 12.5 Å². The molecule has 3 heteroatoms. The number of benzene rings is 1. The lowest BCUT2D eigenvalue weighted by Crippen LogP contribution is -2.46. The first kappa shape index (κ1) is 11.3. The summed E-state index contributed by atoms with van der Waals surface area (Å²) in [5, 5.41) is 10.9. The van der Waals surface area contributed by atoms with Crippen molar-refractivity contribution in [1.29, 1.82) is 0 Å². The van der Waals surface area contributed by atoms with Gasteiger partial charge in [-0.15, -0.1) is 0 Å². The van der Waals surface area contributed by atoms with Gasteiger partial charge in [-0.05, 0) is 29.7 Å². The van der Waals surface area contributed by atoms with E-state index in [4.69, 9.17) is 11.6 Å². The number of piperidine rings is 1. The molecule has 2 heterocycles. The summed E-state index contributed by atoms with van der Waals surface area (Å²) in [6.45, 7) is 2.97. The molecule has 2 aliphatic heterocycles. The number of aliphatic hydroxyl groups excluding tert-OH is 1. The number of hydrogen-bond acceptors (Lipinski definition) is 2. The molecule has 2 bridgehead atoms. The highest BCUT2D eigenvalue weighted by Gasteiger charge is 2.33. The molecule has 1 N–H and O–H groups in total. The second-order valence-electron chi connectivity index (χ2n) is 4.89. The van der Waals surface area contributed by atoms with Crippen molar-refractivity contribution >= 4 is 17.2 Å². The number of nitrogens with zero attached hydrogens (tertiary/aromatic N) is 1. The summed E-state index contributed by atoms with van der Waals surface area (Å²) in [5.74, 6) is 0.246. The van der Waals surface area contributed by atoms with Crippen LogP contribution in [0.15, 0.2) is 30.3 Å². The molecule has 17 heavy (non-hydrogen) atoms. The van der Waals surface area contributed by atoms with E-state index in [1.807, 2.05) is 18.2 Å². The predicted octanol–water partition coefficient (Wildman–Crippen LogP) is 2.42. The fourth-order valence-electron chi connectivity index (χ4n) is 2.86. The maximum Gasteiger partial charge on any atom is 0.0633 e. The van der Waals surface area contributed by atoms with E-state index in [1.54, 1.807) is 0 Å². The van der Waals surface area contributed by atoms with Crippen LogP contribution in [-0.4, -0.2) is 35.7 Å². The molecule has 1 unspecified atom stereocenters. The fraction of sp³-hybridized carbons (Fsp3) is 0.429. The molecule has 3 rings (SSSR count). The predicted molar refractivity (Wildman–Crippen MR) is 70.0 cm³/mol. The van der Waals surface area contributed by atoms with Crippen molar-refractivity contribution in [3.63, 3.8) is 0 Å². The number of hydrogen-bond donors (Lipinski definition) is 1. The van der Waals surface area contributed by atoms with Gasteiger partial charge in [-0.1, -0.05) is 29.8 Å². The van der Waals surface area contributed by atoms with E-state index in [0.29, 0.717) is 0 Å². The third kappa shape index (κ3) is 2.13. The maximum atomic E-state index is 10.1. The highest BCUT2D eigenvalue weighted by Crippen LogP contribution is 2.35. The molecule has 2 aliphatic rings. The van der Waals surface area contributed by atoms with Crippen LogP contribution in [0.5, 0.6) is 0 Å². The van der Waals surface area contributed by atoms with Crippen LogP contribution in [0, 0.1) is 5.92 Å². The van der Waals surface area contributed by atoms with Gasteiger partial charge in [0, 0.05) is 30.6 Å². The second kappa shape index (κ2) is 4.45. The molecule has 1 aromatic rings. The molecular weight excluding hydrogens is 234 g/mol. The molecule has 90 valence electrons. The number of rotatable bonds is 1. The highest BCUT2D eigenvalue weighted by molar-refractivity contribution is 6.30. The van der Waals surface area contributed by atoms with Crippen molar-refractivity contribution in [2.75, 3.05) is 19.6 Å². The molecule has 3 atom stereocenters. The topological polar surface area (TPSA) is 23.5 Å². The van der Waals surface area contributed by atoms with E-state index < -0.39 is 0 Å². The Bertz CT molecular complexity index is 457. The Labute approximate surface area is 107 Å². The van der Waals surface area contributed by atoms with Crippen LogP contribution in [0.2, 0.25) is 5.02 Å². The van der Waals surface area contributed by atoms with Gasteiger partial charge in [-0.3, -0.25) is 4.90 Å². The van der Waals surface area contributed by atoms with Crippen molar-refractivity contribution < 1.29 is 5.11 Å². The smallest absolute Gasteiger partial charge is 0.0633 e. The second-order valence-corrected chi connectivity index (χ2v) is 5.33. The average Bonchev–Trinajstić information content (AvgIpc) is 2.34. The van der Waals surface area contributed by atoms with Gasteiger partial charge in [0.15, 0.2) is 0 Å². The van der Waals surface area contributed by atoms with Crippen molar-refractivity contribution in [3.8, 4) is 0 Å². The first-order valence-electron chi connectivity index (χ1n) is 6.10. The Morgan fingerprint density at radius 2 is 2.24 bits per heavy atom. The fourth-order valence-corrected chi connectivity index (χ4v) is 3.05. The standard InChI is InChI=1S/C14H16ClNO/c15-11-3-1-2-10(8-11)12-4-6-16-7-5-14(17)13(12)9-16/h1-4,8,13-14,17H,5-7,9H2/t13-,14-/m1/s1. The summed E-state index contributed by atoms with van der Waals surface area (Å²) in [7, 11) is 0. The molecule has 0 spiro atoms. The van der Waals surface area contributed by atoms with Gasteiger partial charge < -0.3 is 5.11 Å². The SMILES string of the molecule is O[C@@H]1CCN2CC=C(c3cccc(Cl)c3)[C@H]1C2. The quantitative estimate of drug-likeness (QED) is 0.826. The zero-order valence-electron chi connectivity index (χ0n) is 9.64. The summed E-state index contributed by atoms with van der Waals surface area (Å²) < 4.78 is 0. The molecule has 0 radical (unpaired) electrons. The van der Waals surface area contributed by atoms with Crippen LogP contribution in [0.1, 0.15) is 12.0 Å². The van der Waals surface area contributed by atoms with E-state index in [0.717, 1.165) is 36.6 Å². The Morgan fingerprint density at radius 3 is 3.06 bits per heavy atom. The minimum atomic E-state index is -0.211. The van der Waals surface area contributed by atoms with Crippen LogP contribution >= 0.6 is 11.6 Å². The zero-order chi connectivity index (χ0) is 11.8. The lowest BCUT2D eigenvalue weighted by atomic mass is 9.81. The molecule has 0 aromatic heterocycles. The van der Waals surface area contributed by atoms with Gasteiger partial charge >= 0.3 is 0 Å². The van der Waals surface area contributed by atoms with Crippen LogP contribution in [0.3, 0.4) is 0 Å². The van der Waals surface area contributed by atoms with Crippen LogP contribution in [0.25, 0.3) is 5.57 Å². The van der Waals surface area contributed by atoms with Crippen LogP contribution < -0.4 is 0 Å². The van der Waals surface area contributed by atoms with E-state index in [9.17, 15) is 5.11 Å². The third-order valence-corrected chi connectivity index (χ3v) is 4.02. The average molecular weight is 250 g/mol. The van der Waals surface area contributed by atoms with E-state index >= 15 is 0 Å². The highest BCUT2D eigenvalue weighted by atomic mass is 35.5. The van der Waals surface area contributed by atoms with Gasteiger partial charge in [0.05, 0.1) is 6.10 Å². The zero-order valence-corrected chi connectivity index (χ0v) is 10.4. The van der Waals surface area contributed by atoms with Gasteiger partial charge in [0.25, 0.3) is 0 Å². The molecule has 0 aliphatic carbocycles. The van der Waals surface area contributed by atoms with E-state index in [1.165, 1.54) is 5.57 Å². The minimum Gasteiger partial charge on any atom is -0.392 e. The summed E-state index contributed by atoms with van der Waals surface area (Å²) in [6.07, 6.45) is 2.90. The molecule has 2 nitrogen and oxygen atoms in total. The van der Waals surface area contributed by atoms with Crippen molar-refractivity contribution in [1.82, 2.24) is 4.90 Å². The van der Waals surface area contributed by atoms with Gasteiger partial charge in [-0.25, -0.2) is 0 Å². The number of aliphatic hydroxyl groups is 1. The number of halogens is 1. The molecular formula is C14H16ClNO.